The lowest BCUT2D eigenvalue weighted by Gasteiger charge is -2.12. The Morgan fingerprint density at radius 2 is 1.88 bits per heavy atom. The third kappa shape index (κ3) is 3.12. The molecule has 2 aromatic carbocycles. The summed E-state index contributed by atoms with van der Waals surface area (Å²) >= 11 is 0. The number of aryl methyl sites for hydroxylation is 2. The van der Waals surface area contributed by atoms with Gasteiger partial charge in [0.2, 0.25) is 0 Å². The number of nitrogens with one attached hydrogen (secondary N) is 1. The molecular formula is C19H17F3N2O2. The molecule has 1 N–H and O–H groups in total. The molecule has 7 heteroatoms. The molecule has 0 saturated heterocycles. The van der Waals surface area contributed by atoms with Crippen molar-refractivity contribution < 1.29 is 22.7 Å². The van der Waals surface area contributed by atoms with Crippen LogP contribution in [0, 0.1) is 6.92 Å². The Labute approximate surface area is 148 Å². The summed E-state index contributed by atoms with van der Waals surface area (Å²) in [6, 6.07) is 10.5. The highest BCUT2D eigenvalue weighted by Gasteiger charge is 2.30. The summed E-state index contributed by atoms with van der Waals surface area (Å²) in [6.45, 7) is 1.90. The molecule has 136 valence electrons. The first-order chi connectivity index (χ1) is 12.2. The van der Waals surface area contributed by atoms with Gasteiger partial charge in [-0.2, -0.15) is 13.2 Å². The number of carbonyl (C=O) groups is 1. The Balaban J connectivity index is 2.18. The largest absolute Gasteiger partial charge is 0.464 e. The number of benzene rings is 2. The zero-order valence-electron chi connectivity index (χ0n) is 14.4. The fourth-order valence-electron chi connectivity index (χ4n) is 2.94. The Bertz CT molecular complexity index is 990. The second-order valence-electron chi connectivity index (χ2n) is 6.00. The summed E-state index contributed by atoms with van der Waals surface area (Å²) in [7, 11) is 2.97. The second kappa shape index (κ2) is 6.40. The molecule has 0 fully saturated rings. The van der Waals surface area contributed by atoms with Crippen LogP contribution in [0.4, 0.5) is 24.5 Å². The van der Waals surface area contributed by atoms with Crippen molar-refractivity contribution in [1.29, 1.82) is 0 Å². The van der Waals surface area contributed by atoms with Gasteiger partial charge in [0, 0.05) is 18.1 Å². The average molecular weight is 362 g/mol. The number of nitrogens with zero attached hydrogens (tertiary/aromatic N) is 1. The smallest absolute Gasteiger partial charge is 0.416 e. The highest BCUT2D eigenvalue weighted by molar-refractivity contribution is 6.08. The highest BCUT2D eigenvalue weighted by atomic mass is 19.4. The summed E-state index contributed by atoms with van der Waals surface area (Å²) in [6.07, 6.45) is -4.45. The van der Waals surface area contributed by atoms with E-state index in [1.807, 2.05) is 25.1 Å². The number of hydrogen-bond acceptors (Lipinski definition) is 3. The van der Waals surface area contributed by atoms with Gasteiger partial charge in [-0.1, -0.05) is 17.7 Å². The maximum atomic E-state index is 13.0. The fraction of sp³-hybridized carbons (Fsp3) is 0.211. The van der Waals surface area contributed by atoms with Crippen LogP contribution in [0.5, 0.6) is 0 Å². The quantitative estimate of drug-likeness (QED) is 0.664. The van der Waals surface area contributed by atoms with Crippen LogP contribution in [-0.4, -0.2) is 17.6 Å². The number of esters is 1. The molecule has 0 radical (unpaired) electrons. The van der Waals surface area contributed by atoms with Crippen LogP contribution in [0.1, 0.15) is 21.6 Å². The molecule has 0 spiro atoms. The Hall–Kier alpha value is -2.96. The third-order valence-electron chi connectivity index (χ3n) is 4.19. The molecule has 0 aliphatic heterocycles. The van der Waals surface area contributed by atoms with Crippen molar-refractivity contribution >= 4 is 28.2 Å². The van der Waals surface area contributed by atoms with E-state index in [0.717, 1.165) is 28.6 Å². The van der Waals surface area contributed by atoms with E-state index in [9.17, 15) is 18.0 Å². The SMILES string of the molecule is COC(=O)c1c(Nc2cccc(C(F)(F)F)c2)c2cc(C)ccc2n1C. The summed E-state index contributed by atoms with van der Waals surface area (Å²) in [5.41, 5.74) is 1.86. The Kier molecular flexibility index (Phi) is 4.39. The highest BCUT2D eigenvalue weighted by Crippen LogP contribution is 2.36. The van der Waals surface area contributed by atoms with E-state index in [4.69, 9.17) is 4.74 Å². The van der Waals surface area contributed by atoms with Gasteiger partial charge >= 0.3 is 12.1 Å². The van der Waals surface area contributed by atoms with Crippen molar-refractivity contribution in [2.75, 3.05) is 12.4 Å². The van der Waals surface area contributed by atoms with Gasteiger partial charge < -0.3 is 14.6 Å². The standard InChI is InChI=1S/C19H17F3N2O2/c1-11-7-8-15-14(9-11)16(17(24(15)2)18(25)26-3)23-13-6-4-5-12(10-13)19(20,21)22/h4-10,23H,1-3H3. The normalized spacial score (nSPS) is 11.6. The molecule has 0 aliphatic carbocycles. The van der Waals surface area contributed by atoms with E-state index in [-0.39, 0.29) is 11.4 Å². The number of fused-ring (bicyclic) bond motifs is 1. The zero-order valence-corrected chi connectivity index (χ0v) is 14.4. The maximum Gasteiger partial charge on any atom is 0.416 e. The van der Waals surface area contributed by atoms with Crippen molar-refractivity contribution in [3.63, 3.8) is 0 Å². The monoisotopic (exact) mass is 362 g/mol. The minimum Gasteiger partial charge on any atom is -0.464 e. The summed E-state index contributed by atoms with van der Waals surface area (Å²) in [4.78, 5) is 12.3. The van der Waals surface area contributed by atoms with Crippen LogP contribution < -0.4 is 5.32 Å². The van der Waals surface area contributed by atoms with Crippen molar-refractivity contribution in [3.8, 4) is 0 Å². The average Bonchev–Trinajstić information content (AvgIpc) is 2.85. The van der Waals surface area contributed by atoms with Crippen molar-refractivity contribution in [3.05, 3.63) is 59.3 Å². The minimum absolute atomic E-state index is 0.235. The van der Waals surface area contributed by atoms with Crippen LogP contribution in [0.2, 0.25) is 0 Å². The number of methoxy groups -OCH3 is 1. The topological polar surface area (TPSA) is 43.3 Å². The fourth-order valence-corrected chi connectivity index (χ4v) is 2.94. The second-order valence-corrected chi connectivity index (χ2v) is 6.00. The van der Waals surface area contributed by atoms with Crippen LogP contribution in [0.15, 0.2) is 42.5 Å². The number of halogens is 3. The van der Waals surface area contributed by atoms with E-state index in [0.29, 0.717) is 5.69 Å². The van der Waals surface area contributed by atoms with Crippen LogP contribution >= 0.6 is 0 Å². The van der Waals surface area contributed by atoms with Gasteiger partial charge in [-0.25, -0.2) is 4.79 Å². The molecule has 0 atom stereocenters. The third-order valence-corrected chi connectivity index (χ3v) is 4.19. The number of carbonyl (C=O) groups excluding carboxylic acids is 1. The molecule has 0 saturated carbocycles. The molecule has 1 heterocycles. The predicted octanol–water partition coefficient (Wildman–Crippen LogP) is 5.04. The predicted molar refractivity (Wildman–Crippen MR) is 93.7 cm³/mol. The van der Waals surface area contributed by atoms with Gasteiger partial charge in [-0.05, 0) is 37.3 Å². The molecule has 0 amide bonds. The van der Waals surface area contributed by atoms with Crippen molar-refractivity contribution in [2.24, 2.45) is 7.05 Å². The van der Waals surface area contributed by atoms with Gasteiger partial charge in [-0.3, -0.25) is 0 Å². The lowest BCUT2D eigenvalue weighted by Crippen LogP contribution is -2.10. The number of ether oxygens (including phenoxy) is 1. The molecule has 3 rings (SSSR count). The number of aromatic nitrogens is 1. The molecular weight excluding hydrogens is 345 g/mol. The van der Waals surface area contributed by atoms with Gasteiger partial charge in [0.15, 0.2) is 5.69 Å². The molecule has 0 aliphatic rings. The lowest BCUT2D eigenvalue weighted by atomic mass is 10.1. The van der Waals surface area contributed by atoms with Gasteiger partial charge in [0.25, 0.3) is 0 Å². The summed E-state index contributed by atoms with van der Waals surface area (Å²) < 4.78 is 45.4. The maximum absolute atomic E-state index is 13.0. The van der Waals surface area contributed by atoms with Crippen LogP contribution in [-0.2, 0) is 18.0 Å². The van der Waals surface area contributed by atoms with Crippen molar-refractivity contribution in [1.82, 2.24) is 4.57 Å². The first kappa shape index (κ1) is 17.8. The molecule has 0 unspecified atom stereocenters. The zero-order chi connectivity index (χ0) is 19.1. The minimum atomic E-state index is -4.45. The first-order valence-electron chi connectivity index (χ1n) is 7.84. The molecule has 1 aromatic heterocycles. The number of hydrogen-bond donors (Lipinski definition) is 1. The van der Waals surface area contributed by atoms with E-state index >= 15 is 0 Å². The summed E-state index contributed by atoms with van der Waals surface area (Å²) in [5.74, 6) is -0.573. The number of anilines is 2. The number of alkyl halides is 3. The van der Waals surface area contributed by atoms with Gasteiger partial charge in [0.05, 0.1) is 23.9 Å². The molecule has 26 heavy (non-hydrogen) atoms. The molecule has 3 aromatic rings. The summed E-state index contributed by atoms with van der Waals surface area (Å²) in [5, 5.41) is 3.70. The van der Waals surface area contributed by atoms with Gasteiger partial charge in [0.1, 0.15) is 0 Å². The molecule has 4 nitrogen and oxygen atoms in total. The van der Waals surface area contributed by atoms with Crippen LogP contribution in [0.3, 0.4) is 0 Å². The Morgan fingerprint density at radius 3 is 2.54 bits per heavy atom. The molecule has 0 bridgehead atoms. The van der Waals surface area contributed by atoms with E-state index in [1.165, 1.54) is 19.2 Å². The van der Waals surface area contributed by atoms with E-state index in [1.54, 1.807) is 11.6 Å². The Morgan fingerprint density at radius 1 is 1.15 bits per heavy atom. The van der Waals surface area contributed by atoms with E-state index in [2.05, 4.69) is 5.32 Å². The lowest BCUT2D eigenvalue weighted by molar-refractivity contribution is -0.137. The first-order valence-corrected chi connectivity index (χ1v) is 7.84. The van der Waals surface area contributed by atoms with Crippen molar-refractivity contribution in [2.45, 2.75) is 13.1 Å². The van der Waals surface area contributed by atoms with Crippen LogP contribution in [0.25, 0.3) is 10.9 Å². The van der Waals surface area contributed by atoms with E-state index < -0.39 is 17.7 Å². The van der Waals surface area contributed by atoms with Gasteiger partial charge in [-0.15, -0.1) is 0 Å². The number of rotatable bonds is 3.